The maximum Gasteiger partial charge on any atom is 0.186 e. The number of hydrazone groups is 1. The van der Waals surface area contributed by atoms with Crippen LogP contribution in [0.3, 0.4) is 0 Å². The number of nitrogens with zero attached hydrogens (tertiary/aromatic N) is 1. The number of thiocarbonyl (C=S) groups is 1. The topological polar surface area (TPSA) is 45.7 Å². The van der Waals surface area contributed by atoms with Crippen LogP contribution in [0.15, 0.2) is 23.3 Å². The highest BCUT2D eigenvalue weighted by Crippen LogP contribution is 2.20. The van der Waals surface area contributed by atoms with Crippen molar-refractivity contribution >= 4 is 23.0 Å². The fourth-order valence-corrected chi connectivity index (χ4v) is 1.69. The first kappa shape index (κ1) is 14.4. The lowest BCUT2D eigenvalue weighted by Crippen LogP contribution is -2.32. The Bertz CT molecular complexity index is 458. The molecule has 0 fully saturated rings. The van der Waals surface area contributed by atoms with Crippen LogP contribution >= 0.6 is 12.2 Å². The molecule has 1 aromatic rings. The SMILES string of the molecule is CCNC(=S)N/N=C(/C)c1cc(C)ccc1OC. The van der Waals surface area contributed by atoms with E-state index in [1.807, 2.05) is 39.0 Å². The molecule has 0 radical (unpaired) electrons. The van der Waals surface area contributed by atoms with Crippen LogP contribution in [-0.2, 0) is 0 Å². The van der Waals surface area contributed by atoms with Gasteiger partial charge in [-0.05, 0) is 45.1 Å². The van der Waals surface area contributed by atoms with Gasteiger partial charge in [-0.2, -0.15) is 5.10 Å². The molecule has 0 aromatic heterocycles. The lowest BCUT2D eigenvalue weighted by Gasteiger charge is -2.10. The van der Waals surface area contributed by atoms with E-state index in [2.05, 4.69) is 15.8 Å². The molecule has 0 unspecified atom stereocenters. The molecule has 0 aliphatic rings. The third kappa shape index (κ3) is 4.00. The summed E-state index contributed by atoms with van der Waals surface area (Å²) in [7, 11) is 1.65. The molecule has 5 heteroatoms. The number of methoxy groups -OCH3 is 1. The molecule has 18 heavy (non-hydrogen) atoms. The van der Waals surface area contributed by atoms with Crippen LogP contribution < -0.4 is 15.5 Å². The Hall–Kier alpha value is -1.62. The van der Waals surface area contributed by atoms with Gasteiger partial charge < -0.3 is 10.1 Å². The van der Waals surface area contributed by atoms with Crippen LogP contribution in [0.25, 0.3) is 0 Å². The standard InChI is InChI=1S/C13H19N3OS/c1-5-14-13(18)16-15-10(3)11-8-9(2)6-7-12(11)17-4/h6-8H,5H2,1-4H3,(H2,14,16,18)/b15-10-. The molecule has 0 bridgehead atoms. The summed E-state index contributed by atoms with van der Waals surface area (Å²) in [6.45, 7) is 6.70. The zero-order valence-electron chi connectivity index (χ0n) is 11.2. The third-order valence-corrected chi connectivity index (χ3v) is 2.64. The first-order valence-electron chi connectivity index (χ1n) is 5.81. The van der Waals surface area contributed by atoms with Gasteiger partial charge in [-0.1, -0.05) is 11.6 Å². The summed E-state index contributed by atoms with van der Waals surface area (Å²) in [5.41, 5.74) is 5.76. The zero-order valence-corrected chi connectivity index (χ0v) is 12.0. The maximum absolute atomic E-state index is 5.32. The summed E-state index contributed by atoms with van der Waals surface area (Å²) in [6, 6.07) is 5.98. The van der Waals surface area contributed by atoms with Crippen LogP contribution in [-0.4, -0.2) is 24.5 Å². The molecule has 2 N–H and O–H groups in total. The van der Waals surface area contributed by atoms with Gasteiger partial charge in [-0.3, -0.25) is 5.43 Å². The molecule has 0 amide bonds. The number of hydrogen-bond acceptors (Lipinski definition) is 3. The number of ether oxygens (including phenoxy) is 1. The minimum Gasteiger partial charge on any atom is -0.496 e. The van der Waals surface area contributed by atoms with Crippen molar-refractivity contribution in [3.63, 3.8) is 0 Å². The summed E-state index contributed by atoms with van der Waals surface area (Å²) in [4.78, 5) is 0. The van der Waals surface area contributed by atoms with Crippen LogP contribution in [0.4, 0.5) is 0 Å². The molecule has 0 atom stereocenters. The van der Waals surface area contributed by atoms with E-state index in [4.69, 9.17) is 17.0 Å². The van der Waals surface area contributed by atoms with Crippen molar-refractivity contribution in [1.29, 1.82) is 0 Å². The van der Waals surface area contributed by atoms with Crippen molar-refractivity contribution in [2.24, 2.45) is 5.10 Å². The average Bonchev–Trinajstić information content (AvgIpc) is 2.36. The van der Waals surface area contributed by atoms with E-state index in [9.17, 15) is 0 Å². The van der Waals surface area contributed by atoms with E-state index in [-0.39, 0.29) is 0 Å². The molecule has 1 rings (SSSR count). The highest BCUT2D eigenvalue weighted by molar-refractivity contribution is 7.80. The minimum atomic E-state index is 0.517. The van der Waals surface area contributed by atoms with Crippen molar-refractivity contribution < 1.29 is 4.74 Å². The van der Waals surface area contributed by atoms with Gasteiger partial charge in [-0.25, -0.2) is 0 Å². The molecule has 0 saturated heterocycles. The van der Waals surface area contributed by atoms with Gasteiger partial charge in [0.1, 0.15) is 5.75 Å². The fraction of sp³-hybridized carbons (Fsp3) is 0.385. The van der Waals surface area contributed by atoms with Crippen LogP contribution in [0, 0.1) is 6.92 Å². The van der Waals surface area contributed by atoms with Crippen LogP contribution in [0.5, 0.6) is 5.75 Å². The first-order chi connectivity index (χ1) is 8.58. The Kier molecular flexibility index (Phi) is 5.58. The second-order valence-corrected chi connectivity index (χ2v) is 4.28. The Morgan fingerprint density at radius 3 is 2.78 bits per heavy atom. The van der Waals surface area contributed by atoms with Gasteiger partial charge in [0.2, 0.25) is 0 Å². The summed E-state index contributed by atoms with van der Waals surface area (Å²) in [6.07, 6.45) is 0. The van der Waals surface area contributed by atoms with E-state index in [1.165, 1.54) is 0 Å². The van der Waals surface area contributed by atoms with Crippen molar-refractivity contribution in [3.05, 3.63) is 29.3 Å². The fourth-order valence-electron chi connectivity index (χ4n) is 1.50. The summed E-state index contributed by atoms with van der Waals surface area (Å²) in [5, 5.41) is 7.74. The molecule has 0 saturated carbocycles. The number of rotatable bonds is 4. The smallest absolute Gasteiger partial charge is 0.186 e. The minimum absolute atomic E-state index is 0.517. The van der Waals surface area contributed by atoms with E-state index < -0.39 is 0 Å². The number of aryl methyl sites for hydroxylation is 1. The highest BCUT2D eigenvalue weighted by atomic mass is 32.1. The molecule has 0 heterocycles. The normalized spacial score (nSPS) is 11.0. The first-order valence-corrected chi connectivity index (χ1v) is 6.22. The molecule has 4 nitrogen and oxygen atoms in total. The van der Waals surface area contributed by atoms with Crippen LogP contribution in [0.2, 0.25) is 0 Å². The number of hydrogen-bond donors (Lipinski definition) is 2. The molecule has 0 aliphatic carbocycles. The van der Waals surface area contributed by atoms with E-state index in [1.54, 1.807) is 7.11 Å². The highest BCUT2D eigenvalue weighted by Gasteiger charge is 2.06. The number of benzene rings is 1. The predicted molar refractivity (Wildman–Crippen MR) is 79.4 cm³/mol. The molecule has 0 spiro atoms. The summed E-state index contributed by atoms with van der Waals surface area (Å²) in [5.74, 6) is 0.804. The Labute approximate surface area is 113 Å². The van der Waals surface area contributed by atoms with Gasteiger partial charge in [0.05, 0.1) is 12.8 Å². The Morgan fingerprint density at radius 2 is 2.17 bits per heavy atom. The third-order valence-electron chi connectivity index (χ3n) is 2.41. The second kappa shape index (κ2) is 6.96. The van der Waals surface area contributed by atoms with Gasteiger partial charge in [0, 0.05) is 12.1 Å². The Morgan fingerprint density at radius 1 is 1.44 bits per heavy atom. The zero-order chi connectivity index (χ0) is 13.5. The molecular formula is C13H19N3OS. The summed E-state index contributed by atoms with van der Waals surface area (Å²) >= 11 is 5.05. The van der Waals surface area contributed by atoms with Crippen molar-refractivity contribution in [1.82, 2.24) is 10.7 Å². The molecule has 0 aliphatic heterocycles. The molecular weight excluding hydrogens is 246 g/mol. The Balaban J connectivity index is 2.88. The van der Waals surface area contributed by atoms with E-state index >= 15 is 0 Å². The quantitative estimate of drug-likeness (QED) is 0.498. The van der Waals surface area contributed by atoms with Gasteiger partial charge in [0.15, 0.2) is 5.11 Å². The average molecular weight is 265 g/mol. The second-order valence-electron chi connectivity index (χ2n) is 3.87. The lowest BCUT2D eigenvalue weighted by atomic mass is 10.1. The number of nitrogens with one attached hydrogen (secondary N) is 2. The van der Waals surface area contributed by atoms with Gasteiger partial charge in [0.25, 0.3) is 0 Å². The summed E-state index contributed by atoms with van der Waals surface area (Å²) < 4.78 is 5.32. The van der Waals surface area contributed by atoms with E-state index in [0.29, 0.717) is 5.11 Å². The van der Waals surface area contributed by atoms with Gasteiger partial charge >= 0.3 is 0 Å². The predicted octanol–water partition coefficient (Wildman–Crippen LogP) is 2.21. The monoisotopic (exact) mass is 265 g/mol. The largest absolute Gasteiger partial charge is 0.496 e. The van der Waals surface area contributed by atoms with Crippen molar-refractivity contribution in [2.75, 3.05) is 13.7 Å². The van der Waals surface area contributed by atoms with E-state index in [0.717, 1.165) is 29.1 Å². The lowest BCUT2D eigenvalue weighted by molar-refractivity contribution is 0.414. The molecule has 98 valence electrons. The van der Waals surface area contributed by atoms with Gasteiger partial charge in [-0.15, -0.1) is 0 Å². The maximum atomic E-state index is 5.32. The van der Waals surface area contributed by atoms with Crippen molar-refractivity contribution in [2.45, 2.75) is 20.8 Å². The van der Waals surface area contributed by atoms with Crippen LogP contribution in [0.1, 0.15) is 25.0 Å². The molecule has 1 aromatic carbocycles. The van der Waals surface area contributed by atoms with Crippen molar-refractivity contribution in [3.8, 4) is 5.75 Å².